The molecule has 0 aliphatic heterocycles. The van der Waals surface area contributed by atoms with Gasteiger partial charge in [0.05, 0.1) is 11.3 Å². The van der Waals surface area contributed by atoms with Crippen LogP contribution in [0, 0.1) is 11.8 Å². The van der Waals surface area contributed by atoms with Crippen LogP contribution in [0.5, 0.6) is 0 Å². The highest BCUT2D eigenvalue weighted by atomic mass is 32.2. The highest BCUT2D eigenvalue weighted by Gasteiger charge is 2.35. The average molecular weight is 464 g/mol. The molecule has 0 spiro atoms. The number of carboxylic acid groups (broad SMARTS) is 1. The summed E-state index contributed by atoms with van der Waals surface area (Å²) in [4.78, 5) is 27.8. The Hall–Kier alpha value is -2.19. The lowest BCUT2D eigenvalue weighted by atomic mass is 9.82. The van der Waals surface area contributed by atoms with Crippen LogP contribution >= 0.6 is 11.3 Å². The minimum atomic E-state index is -3.36. The maximum absolute atomic E-state index is 13.6. The Morgan fingerprint density at radius 2 is 1.77 bits per heavy atom. The van der Waals surface area contributed by atoms with Crippen LogP contribution < -0.4 is 4.90 Å². The first kappa shape index (κ1) is 23.5. The van der Waals surface area contributed by atoms with Gasteiger partial charge in [-0.15, -0.1) is 11.3 Å². The summed E-state index contributed by atoms with van der Waals surface area (Å²) >= 11 is 1.23. The third-order valence-electron chi connectivity index (χ3n) is 5.81. The number of benzene rings is 1. The summed E-state index contributed by atoms with van der Waals surface area (Å²) < 4.78 is 24.0. The number of carboxylic acids is 1. The molecule has 1 aromatic carbocycles. The standard InChI is InChI=1S/C23H29NO5S2/c1-15-9-11-18(12-10-15)21(25)24(16(2)14-31(3,28)29)22-19(23(26)27)13-20(30-22)17-7-5-4-6-8-17/h4-8,13,15-16,18H,9-12,14H2,1-3H3,(H,26,27). The lowest BCUT2D eigenvalue weighted by Gasteiger charge is -2.34. The number of hydrogen-bond acceptors (Lipinski definition) is 5. The Kier molecular flexibility index (Phi) is 7.21. The molecule has 3 rings (SSSR count). The number of anilines is 1. The number of carbonyl (C=O) groups is 2. The summed E-state index contributed by atoms with van der Waals surface area (Å²) in [5, 5.41) is 10.2. The summed E-state index contributed by atoms with van der Waals surface area (Å²) in [6, 6.07) is 10.3. The van der Waals surface area contributed by atoms with Gasteiger partial charge in [0, 0.05) is 23.1 Å². The van der Waals surface area contributed by atoms with Gasteiger partial charge in [0.15, 0.2) is 0 Å². The van der Waals surface area contributed by atoms with Gasteiger partial charge >= 0.3 is 5.97 Å². The first-order chi connectivity index (χ1) is 14.6. The van der Waals surface area contributed by atoms with Crippen LogP contribution in [0.2, 0.25) is 0 Å². The van der Waals surface area contributed by atoms with Crippen molar-refractivity contribution in [2.75, 3.05) is 16.9 Å². The van der Waals surface area contributed by atoms with E-state index in [4.69, 9.17) is 0 Å². The van der Waals surface area contributed by atoms with Crippen molar-refractivity contribution >= 4 is 38.1 Å². The van der Waals surface area contributed by atoms with Gasteiger partial charge in [-0.2, -0.15) is 0 Å². The Morgan fingerprint density at radius 1 is 1.16 bits per heavy atom. The molecule has 6 nitrogen and oxygen atoms in total. The summed E-state index contributed by atoms with van der Waals surface area (Å²) in [7, 11) is -3.36. The highest BCUT2D eigenvalue weighted by Crippen LogP contribution is 2.41. The quantitative estimate of drug-likeness (QED) is 0.642. The summed E-state index contributed by atoms with van der Waals surface area (Å²) in [5.74, 6) is -1.18. The van der Waals surface area contributed by atoms with Gasteiger partial charge in [-0.25, -0.2) is 13.2 Å². The van der Waals surface area contributed by atoms with E-state index in [1.165, 1.54) is 16.2 Å². The van der Waals surface area contributed by atoms with Gasteiger partial charge in [0.1, 0.15) is 14.8 Å². The molecule has 1 N–H and O–H groups in total. The fourth-order valence-corrected chi connectivity index (χ4v) is 6.48. The zero-order valence-corrected chi connectivity index (χ0v) is 19.7. The number of sulfone groups is 1. The van der Waals surface area contributed by atoms with E-state index in [9.17, 15) is 23.1 Å². The molecule has 31 heavy (non-hydrogen) atoms. The topological polar surface area (TPSA) is 91.8 Å². The molecule has 2 aromatic rings. The van der Waals surface area contributed by atoms with E-state index >= 15 is 0 Å². The second kappa shape index (κ2) is 9.53. The van der Waals surface area contributed by atoms with Crippen molar-refractivity contribution in [3.63, 3.8) is 0 Å². The van der Waals surface area contributed by atoms with Crippen LogP contribution in [0.25, 0.3) is 10.4 Å². The molecule has 1 heterocycles. The highest BCUT2D eigenvalue weighted by molar-refractivity contribution is 7.90. The largest absolute Gasteiger partial charge is 0.478 e. The SMILES string of the molecule is CC1CCC(C(=O)N(c2sc(-c3ccccc3)cc2C(=O)O)C(C)CS(C)(=O)=O)CC1. The van der Waals surface area contributed by atoms with E-state index < -0.39 is 21.8 Å². The smallest absolute Gasteiger partial charge is 0.338 e. The van der Waals surface area contributed by atoms with E-state index in [0.717, 1.165) is 42.4 Å². The fourth-order valence-electron chi connectivity index (χ4n) is 4.19. The third kappa shape index (κ3) is 5.74. The maximum atomic E-state index is 13.6. The molecule has 0 saturated heterocycles. The van der Waals surface area contributed by atoms with Gasteiger partial charge in [-0.05, 0) is 50.2 Å². The van der Waals surface area contributed by atoms with E-state index in [-0.39, 0.29) is 23.1 Å². The monoisotopic (exact) mass is 463 g/mol. The van der Waals surface area contributed by atoms with Crippen molar-refractivity contribution in [3.8, 4) is 10.4 Å². The third-order valence-corrected chi connectivity index (χ3v) is 8.08. The van der Waals surface area contributed by atoms with E-state index in [2.05, 4.69) is 6.92 Å². The minimum Gasteiger partial charge on any atom is -0.478 e. The molecule has 1 saturated carbocycles. The van der Waals surface area contributed by atoms with Gasteiger partial charge in [-0.1, -0.05) is 37.3 Å². The molecular weight excluding hydrogens is 434 g/mol. The molecule has 1 aliphatic carbocycles. The minimum absolute atomic E-state index is 0.0294. The molecule has 1 aliphatic rings. The zero-order chi connectivity index (χ0) is 22.8. The molecule has 1 amide bonds. The van der Waals surface area contributed by atoms with Gasteiger partial charge < -0.3 is 5.11 Å². The molecule has 0 bridgehead atoms. The van der Waals surface area contributed by atoms with E-state index in [0.29, 0.717) is 10.9 Å². The summed E-state index contributed by atoms with van der Waals surface area (Å²) in [6.07, 6.45) is 4.49. The Bertz CT molecular complexity index is 1040. The Morgan fingerprint density at radius 3 is 2.32 bits per heavy atom. The van der Waals surface area contributed by atoms with Gasteiger partial charge in [-0.3, -0.25) is 9.69 Å². The normalized spacial score (nSPS) is 20.2. The molecule has 1 fully saturated rings. The maximum Gasteiger partial charge on any atom is 0.338 e. The molecule has 1 aromatic heterocycles. The van der Waals surface area contributed by atoms with Gasteiger partial charge in [0.25, 0.3) is 0 Å². The molecule has 1 unspecified atom stereocenters. The molecule has 1 atom stereocenters. The molecule has 0 radical (unpaired) electrons. The lowest BCUT2D eigenvalue weighted by Crippen LogP contribution is -2.46. The number of rotatable bonds is 7. The molecular formula is C23H29NO5S2. The van der Waals surface area contributed by atoms with Crippen LogP contribution in [0.1, 0.15) is 49.9 Å². The predicted octanol–water partition coefficient (Wildman–Crippen LogP) is 4.71. The number of carbonyl (C=O) groups excluding carboxylic acids is 1. The van der Waals surface area contributed by atoms with Crippen molar-refractivity contribution in [2.45, 2.75) is 45.6 Å². The number of thiophene rings is 1. The average Bonchev–Trinajstić information content (AvgIpc) is 3.13. The first-order valence-corrected chi connectivity index (χ1v) is 13.4. The van der Waals surface area contributed by atoms with Crippen LogP contribution in [-0.2, 0) is 14.6 Å². The molecule has 168 valence electrons. The number of nitrogens with zero attached hydrogens (tertiary/aromatic N) is 1. The number of aromatic carboxylic acids is 1. The van der Waals surface area contributed by atoms with Crippen molar-refractivity contribution in [2.24, 2.45) is 11.8 Å². The second-order valence-corrected chi connectivity index (χ2v) is 11.8. The van der Waals surface area contributed by atoms with E-state index in [1.807, 2.05) is 30.3 Å². The van der Waals surface area contributed by atoms with Gasteiger partial charge in [0.2, 0.25) is 5.91 Å². The van der Waals surface area contributed by atoms with Crippen LogP contribution in [0.15, 0.2) is 36.4 Å². The number of amides is 1. The van der Waals surface area contributed by atoms with Crippen LogP contribution in [0.4, 0.5) is 5.00 Å². The Labute approximate surface area is 187 Å². The van der Waals surface area contributed by atoms with Crippen LogP contribution in [-0.4, -0.2) is 43.5 Å². The Balaban J connectivity index is 2.06. The second-order valence-electron chi connectivity index (χ2n) is 8.61. The zero-order valence-electron chi connectivity index (χ0n) is 18.1. The first-order valence-electron chi connectivity index (χ1n) is 10.5. The lowest BCUT2D eigenvalue weighted by molar-refractivity contribution is -0.123. The molecule has 8 heteroatoms. The summed E-state index contributed by atoms with van der Waals surface area (Å²) in [5.41, 5.74) is 0.887. The van der Waals surface area contributed by atoms with Crippen molar-refractivity contribution in [1.82, 2.24) is 0 Å². The number of hydrogen-bond donors (Lipinski definition) is 1. The summed E-state index contributed by atoms with van der Waals surface area (Å²) in [6.45, 7) is 3.84. The fraction of sp³-hybridized carbons (Fsp3) is 0.478. The van der Waals surface area contributed by atoms with Crippen molar-refractivity contribution in [1.29, 1.82) is 0 Å². The van der Waals surface area contributed by atoms with Crippen molar-refractivity contribution in [3.05, 3.63) is 42.0 Å². The van der Waals surface area contributed by atoms with Crippen molar-refractivity contribution < 1.29 is 23.1 Å². The van der Waals surface area contributed by atoms with Crippen LogP contribution in [0.3, 0.4) is 0 Å². The van der Waals surface area contributed by atoms with E-state index in [1.54, 1.807) is 13.0 Å². The predicted molar refractivity (Wildman–Crippen MR) is 124 cm³/mol.